The molecule has 0 saturated heterocycles. The van der Waals surface area contributed by atoms with Gasteiger partial charge in [-0.05, 0) is 27.7 Å². The summed E-state index contributed by atoms with van der Waals surface area (Å²) in [6.45, 7) is 7.63. The number of hydrogen-bond acceptors (Lipinski definition) is 3. The molecule has 15 heavy (non-hydrogen) atoms. The van der Waals surface area contributed by atoms with Gasteiger partial charge in [0.25, 0.3) is 0 Å². The molecule has 5 heteroatoms. The third-order valence-electron chi connectivity index (χ3n) is 2.17. The SMILES string of the molecule is CCNC(=O)C(C)NCC(C)(C)C(=O)O. The molecular weight excluding hydrogens is 196 g/mol. The summed E-state index contributed by atoms with van der Waals surface area (Å²) in [6.07, 6.45) is 0. The number of aliphatic carboxylic acids is 1. The summed E-state index contributed by atoms with van der Waals surface area (Å²) in [6, 6.07) is -0.372. The third kappa shape index (κ3) is 4.78. The fourth-order valence-electron chi connectivity index (χ4n) is 0.904. The molecule has 3 N–H and O–H groups in total. The first-order valence-corrected chi connectivity index (χ1v) is 5.05. The van der Waals surface area contributed by atoms with Crippen LogP contribution in [0.4, 0.5) is 0 Å². The van der Waals surface area contributed by atoms with Crippen LogP contribution in [0, 0.1) is 5.41 Å². The van der Waals surface area contributed by atoms with Crippen molar-refractivity contribution >= 4 is 11.9 Å². The maximum absolute atomic E-state index is 11.3. The fourth-order valence-corrected chi connectivity index (χ4v) is 0.904. The number of nitrogens with one attached hydrogen (secondary N) is 2. The quantitative estimate of drug-likeness (QED) is 0.593. The highest BCUT2D eigenvalue weighted by Gasteiger charge is 2.28. The lowest BCUT2D eigenvalue weighted by Crippen LogP contribution is -2.47. The van der Waals surface area contributed by atoms with Gasteiger partial charge in [0.05, 0.1) is 11.5 Å². The second-order valence-electron chi connectivity index (χ2n) is 4.19. The summed E-state index contributed by atoms with van der Waals surface area (Å²) < 4.78 is 0. The zero-order valence-corrected chi connectivity index (χ0v) is 9.76. The molecule has 0 saturated carbocycles. The molecule has 0 rings (SSSR count). The van der Waals surface area contributed by atoms with Gasteiger partial charge in [-0.3, -0.25) is 9.59 Å². The van der Waals surface area contributed by atoms with E-state index < -0.39 is 11.4 Å². The Labute approximate surface area is 90.2 Å². The number of hydrogen-bond donors (Lipinski definition) is 3. The van der Waals surface area contributed by atoms with E-state index in [1.165, 1.54) is 0 Å². The van der Waals surface area contributed by atoms with Crippen LogP contribution >= 0.6 is 0 Å². The van der Waals surface area contributed by atoms with E-state index in [9.17, 15) is 9.59 Å². The van der Waals surface area contributed by atoms with Gasteiger partial charge in [0.1, 0.15) is 0 Å². The maximum Gasteiger partial charge on any atom is 0.310 e. The van der Waals surface area contributed by atoms with Crippen LogP contribution in [0.3, 0.4) is 0 Å². The van der Waals surface area contributed by atoms with E-state index in [1.807, 2.05) is 6.92 Å². The van der Waals surface area contributed by atoms with Gasteiger partial charge in [0.2, 0.25) is 5.91 Å². The lowest BCUT2D eigenvalue weighted by Gasteiger charge is -2.22. The van der Waals surface area contributed by atoms with Gasteiger partial charge >= 0.3 is 5.97 Å². The number of carbonyl (C=O) groups is 2. The Hall–Kier alpha value is -1.10. The minimum atomic E-state index is -0.877. The van der Waals surface area contributed by atoms with E-state index >= 15 is 0 Å². The lowest BCUT2D eigenvalue weighted by molar-refractivity contribution is -0.147. The van der Waals surface area contributed by atoms with Crippen LogP contribution in [0.2, 0.25) is 0 Å². The van der Waals surface area contributed by atoms with Crippen molar-refractivity contribution in [2.45, 2.75) is 33.7 Å². The highest BCUT2D eigenvalue weighted by molar-refractivity contribution is 5.81. The van der Waals surface area contributed by atoms with E-state index in [4.69, 9.17) is 5.11 Å². The molecule has 0 aliphatic heterocycles. The molecule has 1 amide bonds. The van der Waals surface area contributed by atoms with Crippen molar-refractivity contribution in [1.82, 2.24) is 10.6 Å². The summed E-state index contributed by atoms with van der Waals surface area (Å²) in [5.41, 5.74) is -0.860. The van der Waals surface area contributed by atoms with Crippen molar-refractivity contribution in [1.29, 1.82) is 0 Å². The van der Waals surface area contributed by atoms with Gasteiger partial charge in [-0.15, -0.1) is 0 Å². The van der Waals surface area contributed by atoms with Gasteiger partial charge in [0, 0.05) is 13.1 Å². The van der Waals surface area contributed by atoms with E-state index in [2.05, 4.69) is 10.6 Å². The van der Waals surface area contributed by atoms with Crippen LogP contribution in [0.1, 0.15) is 27.7 Å². The topological polar surface area (TPSA) is 78.4 Å². The molecule has 0 spiro atoms. The van der Waals surface area contributed by atoms with Crippen molar-refractivity contribution in [3.8, 4) is 0 Å². The third-order valence-corrected chi connectivity index (χ3v) is 2.17. The maximum atomic E-state index is 11.3. The molecule has 0 aromatic rings. The summed E-state index contributed by atoms with van der Waals surface area (Å²) in [4.78, 5) is 22.1. The second kappa shape index (κ2) is 5.70. The van der Waals surface area contributed by atoms with E-state index in [1.54, 1.807) is 20.8 Å². The van der Waals surface area contributed by atoms with Crippen LogP contribution < -0.4 is 10.6 Å². The molecule has 1 atom stereocenters. The Bertz CT molecular complexity index is 239. The summed E-state index contributed by atoms with van der Waals surface area (Å²) >= 11 is 0. The average molecular weight is 216 g/mol. The first kappa shape index (κ1) is 13.9. The highest BCUT2D eigenvalue weighted by atomic mass is 16.4. The van der Waals surface area contributed by atoms with Crippen LogP contribution in [0.5, 0.6) is 0 Å². The molecule has 0 aromatic heterocycles. The summed E-state index contributed by atoms with van der Waals surface area (Å²) in [7, 11) is 0. The van der Waals surface area contributed by atoms with Gasteiger partial charge in [-0.2, -0.15) is 0 Å². The molecule has 0 aliphatic rings. The first-order valence-electron chi connectivity index (χ1n) is 5.05. The molecule has 0 heterocycles. The number of carbonyl (C=O) groups excluding carboxylic acids is 1. The Balaban J connectivity index is 4.05. The summed E-state index contributed by atoms with van der Waals surface area (Å²) in [5.74, 6) is -0.989. The van der Waals surface area contributed by atoms with E-state index in [-0.39, 0.29) is 18.5 Å². The van der Waals surface area contributed by atoms with Gasteiger partial charge in [-0.1, -0.05) is 0 Å². The predicted molar refractivity (Wildman–Crippen MR) is 57.6 cm³/mol. The smallest absolute Gasteiger partial charge is 0.310 e. The Morgan fingerprint density at radius 1 is 1.40 bits per heavy atom. The van der Waals surface area contributed by atoms with Gasteiger partial charge in [0.15, 0.2) is 0 Å². The molecule has 88 valence electrons. The van der Waals surface area contributed by atoms with E-state index in [0.29, 0.717) is 6.54 Å². The number of likely N-dealkylation sites (N-methyl/N-ethyl adjacent to an activating group) is 1. The fraction of sp³-hybridized carbons (Fsp3) is 0.800. The first-order chi connectivity index (χ1) is 6.81. The second-order valence-corrected chi connectivity index (χ2v) is 4.19. The Morgan fingerprint density at radius 3 is 2.33 bits per heavy atom. The van der Waals surface area contributed by atoms with Crippen molar-refractivity contribution in [2.24, 2.45) is 5.41 Å². The number of rotatable bonds is 6. The number of amides is 1. The lowest BCUT2D eigenvalue weighted by atomic mass is 9.93. The molecule has 0 radical (unpaired) electrons. The molecule has 0 aromatic carbocycles. The predicted octanol–water partition coefficient (Wildman–Crippen LogP) is 0.211. The standard InChI is InChI=1S/C10H20N2O3/c1-5-11-8(13)7(2)12-6-10(3,4)9(14)15/h7,12H,5-6H2,1-4H3,(H,11,13)(H,14,15). The molecule has 0 aliphatic carbocycles. The van der Waals surface area contributed by atoms with Gasteiger partial charge in [-0.25, -0.2) is 0 Å². The highest BCUT2D eigenvalue weighted by Crippen LogP contribution is 2.13. The molecule has 5 nitrogen and oxygen atoms in total. The minimum Gasteiger partial charge on any atom is -0.481 e. The van der Waals surface area contributed by atoms with Crippen LogP contribution in [-0.2, 0) is 9.59 Å². The molecule has 0 fully saturated rings. The van der Waals surface area contributed by atoms with Crippen molar-refractivity contribution in [2.75, 3.05) is 13.1 Å². The normalized spacial score (nSPS) is 13.3. The van der Waals surface area contributed by atoms with Crippen LogP contribution in [0.15, 0.2) is 0 Å². The molecular formula is C10H20N2O3. The zero-order chi connectivity index (χ0) is 12.1. The van der Waals surface area contributed by atoms with Crippen molar-refractivity contribution < 1.29 is 14.7 Å². The molecule has 0 bridgehead atoms. The zero-order valence-electron chi connectivity index (χ0n) is 9.76. The number of carboxylic acids is 1. The number of carboxylic acid groups (broad SMARTS) is 1. The van der Waals surface area contributed by atoms with Crippen LogP contribution in [-0.4, -0.2) is 36.1 Å². The monoisotopic (exact) mass is 216 g/mol. The van der Waals surface area contributed by atoms with Crippen LogP contribution in [0.25, 0.3) is 0 Å². The Kier molecular flexibility index (Phi) is 5.28. The average Bonchev–Trinajstić information content (AvgIpc) is 2.14. The van der Waals surface area contributed by atoms with E-state index in [0.717, 1.165) is 0 Å². The van der Waals surface area contributed by atoms with Crippen molar-refractivity contribution in [3.63, 3.8) is 0 Å². The molecule has 1 unspecified atom stereocenters. The Morgan fingerprint density at radius 2 is 1.93 bits per heavy atom. The van der Waals surface area contributed by atoms with Gasteiger partial charge < -0.3 is 15.7 Å². The minimum absolute atomic E-state index is 0.112. The summed E-state index contributed by atoms with van der Waals surface area (Å²) in [5, 5.41) is 14.4. The largest absolute Gasteiger partial charge is 0.481 e. The van der Waals surface area contributed by atoms with Crippen molar-refractivity contribution in [3.05, 3.63) is 0 Å².